The van der Waals surface area contributed by atoms with Crippen molar-refractivity contribution >= 4 is 20.9 Å². The minimum atomic E-state index is -3.30. The van der Waals surface area contributed by atoms with Crippen LogP contribution in [0, 0.1) is 0 Å². The van der Waals surface area contributed by atoms with Gasteiger partial charge in [0.15, 0.2) is 0 Å². The van der Waals surface area contributed by atoms with Crippen molar-refractivity contribution in [2.45, 2.75) is 12.8 Å². The van der Waals surface area contributed by atoms with Gasteiger partial charge in [0.1, 0.15) is 0 Å². The highest BCUT2D eigenvalue weighted by Crippen LogP contribution is 2.22. The molecule has 1 heterocycles. The van der Waals surface area contributed by atoms with E-state index in [2.05, 4.69) is 12.1 Å². The van der Waals surface area contributed by atoms with Gasteiger partial charge < -0.3 is 0 Å². The number of aromatic nitrogens is 1. The normalized spacial score (nSPS) is 11.9. The fourth-order valence-electron chi connectivity index (χ4n) is 2.67. The summed E-state index contributed by atoms with van der Waals surface area (Å²) < 4.78 is 25.7. The molecule has 1 aromatic heterocycles. The largest absolute Gasteiger partial charge is 0.242 e. The molecular formula is C17H17NO2S. The highest BCUT2D eigenvalue weighted by Gasteiger charge is 2.15. The predicted molar refractivity (Wildman–Crippen MR) is 86.0 cm³/mol. The third-order valence-electron chi connectivity index (χ3n) is 3.58. The Kier molecular flexibility index (Phi) is 3.55. The Morgan fingerprint density at radius 1 is 0.905 bits per heavy atom. The van der Waals surface area contributed by atoms with Crippen molar-refractivity contribution in [3.63, 3.8) is 0 Å². The van der Waals surface area contributed by atoms with Crippen molar-refractivity contribution < 1.29 is 8.42 Å². The van der Waals surface area contributed by atoms with Crippen LogP contribution in [0.4, 0.5) is 0 Å². The first kappa shape index (κ1) is 13.9. The molecular weight excluding hydrogens is 282 g/mol. The second-order valence-corrected chi connectivity index (χ2v) is 7.04. The van der Waals surface area contributed by atoms with Gasteiger partial charge in [-0.1, -0.05) is 48.5 Å². The summed E-state index contributed by atoms with van der Waals surface area (Å²) in [5.74, 6) is 0. The zero-order valence-corrected chi connectivity index (χ0v) is 12.7. The molecule has 0 aliphatic heterocycles. The van der Waals surface area contributed by atoms with Gasteiger partial charge in [0.2, 0.25) is 10.0 Å². The van der Waals surface area contributed by atoms with Gasteiger partial charge in [0, 0.05) is 11.1 Å². The summed E-state index contributed by atoms with van der Waals surface area (Å²) in [5.41, 5.74) is 2.80. The van der Waals surface area contributed by atoms with Gasteiger partial charge in [-0.2, -0.15) is 0 Å². The molecule has 0 spiro atoms. The van der Waals surface area contributed by atoms with E-state index in [-0.39, 0.29) is 0 Å². The number of nitrogens with zero attached hydrogens (tertiary/aromatic N) is 1. The molecule has 4 heteroatoms. The Labute approximate surface area is 124 Å². The van der Waals surface area contributed by atoms with Crippen molar-refractivity contribution in [2.24, 2.45) is 0 Å². The first-order chi connectivity index (χ1) is 10.1. The van der Waals surface area contributed by atoms with E-state index in [0.29, 0.717) is 6.42 Å². The summed E-state index contributed by atoms with van der Waals surface area (Å²) in [5, 5.41) is 0.964. The van der Waals surface area contributed by atoms with Gasteiger partial charge in [0.05, 0.1) is 11.8 Å². The van der Waals surface area contributed by atoms with Crippen molar-refractivity contribution in [3.8, 4) is 0 Å². The summed E-state index contributed by atoms with van der Waals surface area (Å²) in [6, 6.07) is 19.7. The van der Waals surface area contributed by atoms with Crippen molar-refractivity contribution in [1.29, 1.82) is 0 Å². The number of benzene rings is 2. The average Bonchev–Trinajstić information content (AvgIpc) is 2.84. The van der Waals surface area contributed by atoms with E-state index in [1.54, 1.807) is 0 Å². The summed E-state index contributed by atoms with van der Waals surface area (Å²) in [6.45, 7) is 0. The first-order valence-corrected chi connectivity index (χ1v) is 8.74. The van der Waals surface area contributed by atoms with Gasteiger partial charge in [-0.25, -0.2) is 12.4 Å². The van der Waals surface area contributed by atoms with Crippen LogP contribution >= 0.6 is 0 Å². The summed E-state index contributed by atoms with van der Waals surface area (Å²) in [6.07, 6.45) is 2.78. The summed E-state index contributed by atoms with van der Waals surface area (Å²) in [7, 11) is -3.30. The Hall–Kier alpha value is -2.07. The van der Waals surface area contributed by atoms with Crippen LogP contribution in [-0.4, -0.2) is 18.6 Å². The lowest BCUT2D eigenvalue weighted by Gasteiger charge is -2.08. The molecule has 0 fully saturated rings. The zero-order chi connectivity index (χ0) is 14.9. The number of hydrogen-bond acceptors (Lipinski definition) is 2. The van der Waals surface area contributed by atoms with E-state index in [0.717, 1.165) is 23.0 Å². The standard InChI is InChI=1S/C17H17NO2S/c1-21(19,20)18-16(12-11-14-7-3-2-4-8-14)13-15-9-5-6-10-17(15)18/h2-10,13H,11-12H2,1H3. The van der Waals surface area contributed by atoms with Gasteiger partial charge in [-0.05, 0) is 30.5 Å². The third kappa shape index (κ3) is 2.85. The maximum Gasteiger partial charge on any atom is 0.236 e. The lowest BCUT2D eigenvalue weighted by Crippen LogP contribution is -2.13. The molecule has 3 aromatic rings. The van der Waals surface area contributed by atoms with E-state index in [4.69, 9.17) is 0 Å². The SMILES string of the molecule is CS(=O)(=O)n1c(CCc2ccccc2)cc2ccccc21. The Bertz CT molecular complexity index is 864. The van der Waals surface area contributed by atoms with Gasteiger partial charge in [0.25, 0.3) is 0 Å². The highest BCUT2D eigenvalue weighted by atomic mass is 32.2. The lowest BCUT2D eigenvalue weighted by molar-refractivity contribution is 0.593. The fourth-order valence-corrected chi connectivity index (χ4v) is 3.76. The number of para-hydroxylation sites is 1. The summed E-state index contributed by atoms with van der Waals surface area (Å²) in [4.78, 5) is 0. The molecule has 0 saturated carbocycles. The van der Waals surface area contributed by atoms with E-state index in [9.17, 15) is 8.42 Å². The Balaban J connectivity index is 2.02. The number of aryl methyl sites for hydroxylation is 2. The first-order valence-electron chi connectivity index (χ1n) is 6.89. The quantitative estimate of drug-likeness (QED) is 0.742. The van der Waals surface area contributed by atoms with Crippen molar-refractivity contribution in [1.82, 2.24) is 3.97 Å². The van der Waals surface area contributed by atoms with Crippen LogP contribution in [-0.2, 0) is 22.9 Å². The minimum Gasteiger partial charge on any atom is -0.242 e. The molecule has 0 atom stereocenters. The molecule has 0 N–H and O–H groups in total. The second kappa shape index (κ2) is 5.37. The average molecular weight is 299 g/mol. The molecule has 0 amide bonds. The number of hydrogen-bond donors (Lipinski definition) is 0. The van der Waals surface area contributed by atoms with Crippen molar-refractivity contribution in [2.75, 3.05) is 6.26 Å². The maximum absolute atomic E-state index is 12.1. The minimum absolute atomic E-state index is 0.700. The van der Waals surface area contributed by atoms with E-state index < -0.39 is 10.0 Å². The summed E-state index contributed by atoms with van der Waals surface area (Å²) >= 11 is 0. The van der Waals surface area contributed by atoms with Gasteiger partial charge >= 0.3 is 0 Å². The highest BCUT2D eigenvalue weighted by molar-refractivity contribution is 7.89. The molecule has 0 aliphatic rings. The molecule has 108 valence electrons. The molecule has 0 aliphatic carbocycles. The van der Waals surface area contributed by atoms with Crippen LogP contribution in [0.3, 0.4) is 0 Å². The molecule has 3 rings (SSSR count). The van der Waals surface area contributed by atoms with Crippen LogP contribution in [0.5, 0.6) is 0 Å². The topological polar surface area (TPSA) is 39.1 Å². The maximum atomic E-state index is 12.1. The Morgan fingerprint density at radius 2 is 1.57 bits per heavy atom. The zero-order valence-electron chi connectivity index (χ0n) is 11.9. The Morgan fingerprint density at radius 3 is 2.29 bits per heavy atom. The van der Waals surface area contributed by atoms with Gasteiger partial charge in [-0.15, -0.1) is 0 Å². The lowest BCUT2D eigenvalue weighted by atomic mass is 10.1. The molecule has 0 saturated heterocycles. The smallest absolute Gasteiger partial charge is 0.236 e. The van der Waals surface area contributed by atoms with E-state index in [1.165, 1.54) is 15.8 Å². The molecule has 0 bridgehead atoms. The van der Waals surface area contributed by atoms with Crippen LogP contribution in [0.15, 0.2) is 60.7 Å². The van der Waals surface area contributed by atoms with Crippen LogP contribution in [0.1, 0.15) is 11.3 Å². The molecule has 0 radical (unpaired) electrons. The number of fused-ring (bicyclic) bond motifs is 1. The monoisotopic (exact) mass is 299 g/mol. The van der Waals surface area contributed by atoms with Crippen molar-refractivity contribution in [3.05, 3.63) is 71.9 Å². The van der Waals surface area contributed by atoms with Gasteiger partial charge in [-0.3, -0.25) is 0 Å². The number of rotatable bonds is 4. The van der Waals surface area contributed by atoms with Crippen LogP contribution < -0.4 is 0 Å². The predicted octanol–water partition coefficient (Wildman–Crippen LogP) is 3.23. The molecule has 3 nitrogen and oxygen atoms in total. The molecule has 2 aromatic carbocycles. The van der Waals surface area contributed by atoms with Crippen LogP contribution in [0.25, 0.3) is 10.9 Å². The van der Waals surface area contributed by atoms with E-state index >= 15 is 0 Å². The molecule has 21 heavy (non-hydrogen) atoms. The van der Waals surface area contributed by atoms with Crippen LogP contribution in [0.2, 0.25) is 0 Å². The fraction of sp³-hybridized carbons (Fsp3) is 0.176. The van der Waals surface area contributed by atoms with E-state index in [1.807, 2.05) is 48.5 Å². The molecule has 0 unspecified atom stereocenters. The second-order valence-electron chi connectivity index (χ2n) is 5.21. The third-order valence-corrected chi connectivity index (χ3v) is 4.68.